The lowest BCUT2D eigenvalue weighted by molar-refractivity contribution is 0.661. The highest BCUT2D eigenvalue weighted by molar-refractivity contribution is 6.11. The molecule has 0 fully saturated rings. The Bertz CT molecular complexity index is 3970. The van der Waals surface area contributed by atoms with E-state index in [0.29, 0.717) is 5.82 Å². The number of nitrogens with zero attached hydrogens (tertiary/aromatic N) is 4. The first kappa shape index (κ1) is 39.3. The number of fused-ring (bicyclic) bond motifs is 10. The summed E-state index contributed by atoms with van der Waals surface area (Å²) in [5.74, 6) is 0.680. The molecular weight excluding hydrogens is 837 g/mol. The fourth-order valence-electron chi connectivity index (χ4n) is 11.4. The topological polar surface area (TPSA) is 35.6 Å². The minimum atomic E-state index is -0.115. The average molecular weight is 881 g/mol. The van der Waals surface area contributed by atoms with Crippen LogP contribution in [0.3, 0.4) is 0 Å². The van der Waals surface area contributed by atoms with Gasteiger partial charge in [0.15, 0.2) is 5.82 Å². The number of aromatic nitrogens is 4. The molecule has 0 saturated carbocycles. The monoisotopic (exact) mass is 880 g/mol. The van der Waals surface area contributed by atoms with Gasteiger partial charge in [0.2, 0.25) is 0 Å². The van der Waals surface area contributed by atoms with Crippen LogP contribution in [0.25, 0.3) is 122 Å². The van der Waals surface area contributed by atoms with Gasteiger partial charge in [-0.2, -0.15) is 0 Å². The Morgan fingerprint density at radius 1 is 0.333 bits per heavy atom. The third-order valence-corrected chi connectivity index (χ3v) is 14.7. The summed E-state index contributed by atoms with van der Waals surface area (Å²) < 4.78 is 4.82. The lowest BCUT2D eigenvalue weighted by Gasteiger charge is -2.22. The molecular formula is C65H44N4. The summed E-state index contributed by atoms with van der Waals surface area (Å²) in [5, 5.41) is 7.43. The molecule has 0 atom stereocenters. The quantitative estimate of drug-likeness (QED) is 0.167. The molecule has 0 N–H and O–H groups in total. The van der Waals surface area contributed by atoms with E-state index >= 15 is 0 Å². The Kier molecular flexibility index (Phi) is 8.59. The van der Waals surface area contributed by atoms with Gasteiger partial charge in [0.05, 0.1) is 33.5 Å². The van der Waals surface area contributed by atoms with Crippen molar-refractivity contribution in [1.29, 1.82) is 0 Å². The zero-order chi connectivity index (χ0) is 45.8. The van der Waals surface area contributed by atoms with Gasteiger partial charge in [-0.15, -0.1) is 0 Å². The zero-order valence-corrected chi connectivity index (χ0v) is 38.2. The van der Waals surface area contributed by atoms with Crippen LogP contribution < -0.4 is 0 Å². The van der Waals surface area contributed by atoms with Gasteiger partial charge >= 0.3 is 0 Å². The van der Waals surface area contributed by atoms with E-state index in [9.17, 15) is 0 Å². The summed E-state index contributed by atoms with van der Waals surface area (Å²) in [5.41, 5.74) is 19.1. The SMILES string of the molecule is CC1(C)c2cc3ccccc3cc2-c2c(-c3ccc(-c4cc(-c5cc(-n6c7ccccc7c7ccccc76)cc(-n6c7ccccc7c7ccccc76)c5)nc(-c5ccccc5)n4)cc3)cccc21. The van der Waals surface area contributed by atoms with Crippen molar-refractivity contribution in [2.45, 2.75) is 19.3 Å². The van der Waals surface area contributed by atoms with E-state index in [4.69, 9.17) is 9.97 Å². The summed E-state index contributed by atoms with van der Waals surface area (Å²) in [6.45, 7) is 4.72. The Morgan fingerprint density at radius 2 is 0.812 bits per heavy atom. The van der Waals surface area contributed by atoms with Crippen LogP contribution in [-0.2, 0) is 5.41 Å². The third kappa shape index (κ3) is 6.08. The summed E-state index contributed by atoms with van der Waals surface area (Å²) >= 11 is 0. The molecule has 10 aromatic carbocycles. The van der Waals surface area contributed by atoms with Crippen molar-refractivity contribution in [1.82, 2.24) is 19.1 Å². The maximum atomic E-state index is 5.42. The fraction of sp³-hybridized carbons (Fsp3) is 0.0462. The van der Waals surface area contributed by atoms with Gasteiger partial charge in [-0.1, -0.05) is 184 Å². The van der Waals surface area contributed by atoms with Crippen LogP contribution in [0.1, 0.15) is 25.0 Å². The summed E-state index contributed by atoms with van der Waals surface area (Å²) in [4.78, 5) is 10.7. The van der Waals surface area contributed by atoms with E-state index in [1.54, 1.807) is 0 Å². The lowest BCUT2D eigenvalue weighted by atomic mass is 9.81. The highest BCUT2D eigenvalue weighted by atomic mass is 15.0. The molecule has 69 heavy (non-hydrogen) atoms. The van der Waals surface area contributed by atoms with E-state index in [1.165, 1.54) is 65.7 Å². The molecule has 0 unspecified atom stereocenters. The van der Waals surface area contributed by atoms with Crippen LogP contribution in [-0.4, -0.2) is 19.1 Å². The first-order valence-corrected chi connectivity index (χ1v) is 23.8. The molecule has 0 amide bonds. The largest absolute Gasteiger partial charge is 0.309 e. The van der Waals surface area contributed by atoms with Gasteiger partial charge in [-0.3, -0.25) is 0 Å². The van der Waals surface area contributed by atoms with E-state index in [0.717, 1.165) is 61.5 Å². The van der Waals surface area contributed by atoms with Gasteiger partial charge in [0, 0.05) is 55.0 Å². The Balaban J connectivity index is 0.968. The normalized spacial score (nSPS) is 12.9. The highest BCUT2D eigenvalue weighted by Gasteiger charge is 2.37. The Labute approximate surface area is 400 Å². The predicted molar refractivity (Wildman–Crippen MR) is 288 cm³/mol. The number of hydrogen-bond acceptors (Lipinski definition) is 2. The van der Waals surface area contributed by atoms with Crippen molar-refractivity contribution in [2.75, 3.05) is 0 Å². The van der Waals surface area contributed by atoms with Crippen molar-refractivity contribution in [3.8, 4) is 67.5 Å². The van der Waals surface area contributed by atoms with E-state index in [-0.39, 0.29) is 5.41 Å². The smallest absolute Gasteiger partial charge is 0.160 e. The third-order valence-electron chi connectivity index (χ3n) is 14.7. The van der Waals surface area contributed by atoms with Gasteiger partial charge in [0.1, 0.15) is 0 Å². The molecule has 0 spiro atoms. The Morgan fingerprint density at radius 3 is 1.38 bits per heavy atom. The molecule has 324 valence electrons. The van der Waals surface area contributed by atoms with Crippen LogP contribution in [0.15, 0.2) is 231 Å². The van der Waals surface area contributed by atoms with E-state index in [1.807, 2.05) is 6.07 Å². The second-order valence-corrected chi connectivity index (χ2v) is 19.0. The summed E-state index contributed by atoms with van der Waals surface area (Å²) in [6, 6.07) is 83.7. The van der Waals surface area contributed by atoms with Crippen molar-refractivity contribution in [3.05, 3.63) is 242 Å². The standard InChI is InChI=1S/C65H44N4/c1-65(2)55-26-16-25-49(63(55)54-37-44-19-6-7-20-45(44)38-56(54)65)41-31-33-42(34-32-41)57-40-58(67-64(66-57)43-17-4-3-5-18-43)46-35-47(68-59-27-12-8-21-50(59)51-22-9-13-28-60(51)68)39-48(36-46)69-61-29-14-10-23-52(61)53-24-11-15-30-62(53)69/h3-40H,1-2H3. The number of para-hydroxylation sites is 4. The highest BCUT2D eigenvalue weighted by Crippen LogP contribution is 2.53. The van der Waals surface area contributed by atoms with Crippen molar-refractivity contribution >= 4 is 54.4 Å². The van der Waals surface area contributed by atoms with Crippen molar-refractivity contribution in [3.63, 3.8) is 0 Å². The molecule has 4 heteroatoms. The first-order chi connectivity index (χ1) is 34.0. The zero-order valence-electron chi connectivity index (χ0n) is 38.2. The van der Waals surface area contributed by atoms with Gasteiger partial charge in [0.25, 0.3) is 0 Å². The number of rotatable bonds is 6. The maximum Gasteiger partial charge on any atom is 0.160 e. The molecule has 0 radical (unpaired) electrons. The van der Waals surface area contributed by atoms with Gasteiger partial charge < -0.3 is 9.13 Å². The fourth-order valence-corrected chi connectivity index (χ4v) is 11.4. The minimum absolute atomic E-state index is 0.115. The van der Waals surface area contributed by atoms with E-state index in [2.05, 4.69) is 247 Å². The second-order valence-electron chi connectivity index (χ2n) is 19.0. The first-order valence-electron chi connectivity index (χ1n) is 23.8. The maximum absolute atomic E-state index is 5.42. The van der Waals surface area contributed by atoms with Gasteiger partial charge in [-0.05, 0) is 105 Å². The van der Waals surface area contributed by atoms with E-state index < -0.39 is 0 Å². The van der Waals surface area contributed by atoms with Crippen LogP contribution in [0.5, 0.6) is 0 Å². The van der Waals surface area contributed by atoms with Crippen LogP contribution in [0.2, 0.25) is 0 Å². The summed E-state index contributed by atoms with van der Waals surface area (Å²) in [6.07, 6.45) is 0. The Hall–Kier alpha value is -8.86. The molecule has 0 saturated heterocycles. The molecule has 4 nitrogen and oxygen atoms in total. The predicted octanol–water partition coefficient (Wildman–Crippen LogP) is 16.8. The number of benzene rings is 10. The molecule has 3 aromatic heterocycles. The molecule has 14 rings (SSSR count). The minimum Gasteiger partial charge on any atom is -0.309 e. The van der Waals surface area contributed by atoms with Crippen molar-refractivity contribution < 1.29 is 0 Å². The summed E-state index contributed by atoms with van der Waals surface area (Å²) in [7, 11) is 0. The van der Waals surface area contributed by atoms with Gasteiger partial charge in [-0.25, -0.2) is 9.97 Å². The second kappa shape index (κ2) is 15.1. The molecule has 0 bridgehead atoms. The molecule has 3 heterocycles. The molecule has 0 aliphatic heterocycles. The van der Waals surface area contributed by atoms with Crippen LogP contribution in [0.4, 0.5) is 0 Å². The number of hydrogen-bond donors (Lipinski definition) is 0. The lowest BCUT2D eigenvalue weighted by Crippen LogP contribution is -2.14. The van der Waals surface area contributed by atoms with Crippen LogP contribution >= 0.6 is 0 Å². The van der Waals surface area contributed by atoms with Crippen molar-refractivity contribution in [2.24, 2.45) is 0 Å². The molecule has 1 aliphatic rings. The molecule has 13 aromatic rings. The van der Waals surface area contributed by atoms with Crippen LogP contribution in [0, 0.1) is 0 Å². The average Bonchev–Trinajstić information content (AvgIpc) is 4.01. The molecule has 1 aliphatic carbocycles.